The number of hydrogen-bond donors (Lipinski definition) is 1. The summed E-state index contributed by atoms with van der Waals surface area (Å²) in [5.74, 6) is 0.329. The predicted octanol–water partition coefficient (Wildman–Crippen LogP) is 4.95. The molecule has 0 spiro atoms. The standard InChI is InChI=1S/C18H12F3N3/c1-11-5-6-15-16(7-11)24-17(23-15)13(10-22)8-12-3-2-4-14(9-12)18(19,20)21/h2-9H,1H3,(H,23,24). The Morgan fingerprint density at radius 1 is 1.21 bits per heavy atom. The number of imidazole rings is 1. The SMILES string of the molecule is Cc1ccc2nc(C(C#N)=Cc3cccc(C(F)(F)F)c3)[nH]c2c1. The summed E-state index contributed by atoms with van der Waals surface area (Å²) in [7, 11) is 0. The number of hydrogen-bond acceptors (Lipinski definition) is 2. The highest BCUT2D eigenvalue weighted by Gasteiger charge is 2.30. The van der Waals surface area contributed by atoms with Crippen LogP contribution in [0.1, 0.15) is 22.5 Å². The summed E-state index contributed by atoms with van der Waals surface area (Å²) in [4.78, 5) is 7.35. The molecule has 0 fully saturated rings. The molecule has 0 bridgehead atoms. The van der Waals surface area contributed by atoms with Gasteiger partial charge >= 0.3 is 6.18 Å². The zero-order valence-electron chi connectivity index (χ0n) is 12.6. The lowest BCUT2D eigenvalue weighted by Crippen LogP contribution is -2.04. The van der Waals surface area contributed by atoms with Crippen LogP contribution in [0.15, 0.2) is 42.5 Å². The van der Waals surface area contributed by atoms with E-state index in [1.807, 2.05) is 31.2 Å². The van der Waals surface area contributed by atoms with E-state index in [4.69, 9.17) is 0 Å². The number of nitriles is 1. The minimum atomic E-state index is -4.42. The normalized spacial score (nSPS) is 12.4. The van der Waals surface area contributed by atoms with Crippen molar-refractivity contribution < 1.29 is 13.2 Å². The van der Waals surface area contributed by atoms with Crippen LogP contribution < -0.4 is 0 Å². The van der Waals surface area contributed by atoms with Gasteiger partial charge in [-0.15, -0.1) is 0 Å². The molecule has 2 aromatic carbocycles. The molecule has 120 valence electrons. The molecule has 0 aliphatic heterocycles. The molecular weight excluding hydrogens is 315 g/mol. The molecular formula is C18H12F3N3. The fourth-order valence-electron chi connectivity index (χ4n) is 2.38. The highest BCUT2D eigenvalue weighted by molar-refractivity contribution is 5.90. The predicted molar refractivity (Wildman–Crippen MR) is 85.8 cm³/mol. The van der Waals surface area contributed by atoms with E-state index in [0.717, 1.165) is 23.2 Å². The monoisotopic (exact) mass is 327 g/mol. The number of nitrogens with zero attached hydrogens (tertiary/aromatic N) is 2. The Balaban J connectivity index is 2.04. The number of alkyl halides is 3. The Morgan fingerprint density at radius 3 is 2.71 bits per heavy atom. The van der Waals surface area contributed by atoms with Crippen molar-refractivity contribution in [2.75, 3.05) is 0 Å². The molecule has 0 saturated carbocycles. The van der Waals surface area contributed by atoms with Crippen molar-refractivity contribution in [3.8, 4) is 6.07 Å². The maximum Gasteiger partial charge on any atom is 0.416 e. The van der Waals surface area contributed by atoms with Gasteiger partial charge in [-0.25, -0.2) is 4.98 Å². The first kappa shape index (κ1) is 15.8. The first-order chi connectivity index (χ1) is 11.4. The lowest BCUT2D eigenvalue weighted by atomic mass is 10.1. The highest BCUT2D eigenvalue weighted by atomic mass is 19.4. The van der Waals surface area contributed by atoms with Gasteiger partial charge in [-0.2, -0.15) is 18.4 Å². The number of aromatic nitrogens is 2. The van der Waals surface area contributed by atoms with Gasteiger partial charge in [0, 0.05) is 0 Å². The maximum atomic E-state index is 12.8. The second-order valence-electron chi connectivity index (χ2n) is 5.40. The van der Waals surface area contributed by atoms with Crippen LogP contribution in [0.2, 0.25) is 0 Å². The lowest BCUT2D eigenvalue weighted by molar-refractivity contribution is -0.137. The van der Waals surface area contributed by atoms with E-state index < -0.39 is 11.7 Å². The van der Waals surface area contributed by atoms with Crippen molar-refractivity contribution in [2.45, 2.75) is 13.1 Å². The van der Waals surface area contributed by atoms with Gasteiger partial charge in [0.1, 0.15) is 11.9 Å². The number of benzene rings is 2. The average molecular weight is 327 g/mol. The third-order valence-electron chi connectivity index (χ3n) is 3.54. The van der Waals surface area contributed by atoms with Gasteiger partial charge in [0.05, 0.1) is 22.2 Å². The van der Waals surface area contributed by atoms with Gasteiger partial charge in [0.15, 0.2) is 0 Å². The molecule has 3 rings (SSSR count). The largest absolute Gasteiger partial charge is 0.416 e. The van der Waals surface area contributed by atoms with Crippen LogP contribution in [0.4, 0.5) is 13.2 Å². The Kier molecular flexibility index (Phi) is 3.86. The van der Waals surface area contributed by atoms with Crippen LogP contribution >= 0.6 is 0 Å². The molecule has 1 aromatic heterocycles. The molecule has 1 N–H and O–H groups in total. The number of allylic oxidation sites excluding steroid dienone is 1. The van der Waals surface area contributed by atoms with E-state index in [1.165, 1.54) is 18.2 Å². The Labute approximate surface area is 136 Å². The Hall–Kier alpha value is -3.07. The van der Waals surface area contributed by atoms with Gasteiger partial charge in [-0.05, 0) is 48.4 Å². The summed E-state index contributed by atoms with van der Waals surface area (Å²) in [5, 5.41) is 9.35. The molecule has 24 heavy (non-hydrogen) atoms. The quantitative estimate of drug-likeness (QED) is 0.677. The van der Waals surface area contributed by atoms with Crippen molar-refractivity contribution in [3.05, 3.63) is 65.0 Å². The van der Waals surface area contributed by atoms with E-state index in [0.29, 0.717) is 11.3 Å². The summed E-state index contributed by atoms with van der Waals surface area (Å²) in [6, 6.07) is 12.4. The molecule has 0 aliphatic rings. The van der Waals surface area contributed by atoms with E-state index >= 15 is 0 Å². The molecule has 0 amide bonds. The third kappa shape index (κ3) is 3.15. The number of nitrogens with one attached hydrogen (secondary N) is 1. The van der Waals surface area contributed by atoms with Gasteiger partial charge in [0.2, 0.25) is 0 Å². The molecule has 0 atom stereocenters. The number of aryl methyl sites for hydroxylation is 1. The van der Waals surface area contributed by atoms with Crippen molar-refractivity contribution in [1.29, 1.82) is 5.26 Å². The second-order valence-corrected chi connectivity index (χ2v) is 5.40. The summed E-state index contributed by atoms with van der Waals surface area (Å²) < 4.78 is 38.3. The summed E-state index contributed by atoms with van der Waals surface area (Å²) in [6.07, 6.45) is -3.03. The van der Waals surface area contributed by atoms with Crippen LogP contribution in [-0.2, 0) is 6.18 Å². The van der Waals surface area contributed by atoms with Crippen LogP contribution in [0.5, 0.6) is 0 Å². The minimum absolute atomic E-state index is 0.170. The van der Waals surface area contributed by atoms with Crippen molar-refractivity contribution in [3.63, 3.8) is 0 Å². The average Bonchev–Trinajstić information content (AvgIpc) is 2.95. The topological polar surface area (TPSA) is 52.5 Å². The third-order valence-corrected chi connectivity index (χ3v) is 3.54. The van der Waals surface area contributed by atoms with Crippen LogP contribution in [0.25, 0.3) is 22.7 Å². The van der Waals surface area contributed by atoms with Crippen molar-refractivity contribution >= 4 is 22.7 Å². The molecule has 0 saturated heterocycles. The zero-order chi connectivity index (χ0) is 17.3. The number of H-pyrrole nitrogens is 1. The van der Waals surface area contributed by atoms with Gasteiger partial charge in [-0.3, -0.25) is 0 Å². The van der Waals surface area contributed by atoms with Gasteiger partial charge in [-0.1, -0.05) is 18.2 Å². The number of fused-ring (bicyclic) bond motifs is 1. The Morgan fingerprint density at radius 2 is 2.00 bits per heavy atom. The number of aromatic amines is 1. The van der Waals surface area contributed by atoms with Crippen molar-refractivity contribution in [2.24, 2.45) is 0 Å². The zero-order valence-corrected chi connectivity index (χ0v) is 12.6. The fraction of sp³-hybridized carbons (Fsp3) is 0.111. The minimum Gasteiger partial charge on any atom is -0.337 e. The fourth-order valence-corrected chi connectivity index (χ4v) is 2.38. The first-order valence-electron chi connectivity index (χ1n) is 7.12. The maximum absolute atomic E-state index is 12.8. The molecule has 6 heteroatoms. The van der Waals surface area contributed by atoms with E-state index in [2.05, 4.69) is 9.97 Å². The number of rotatable bonds is 2. The lowest BCUT2D eigenvalue weighted by Gasteiger charge is -2.06. The van der Waals surface area contributed by atoms with Gasteiger partial charge in [0.25, 0.3) is 0 Å². The van der Waals surface area contributed by atoms with E-state index in [9.17, 15) is 18.4 Å². The molecule has 0 unspecified atom stereocenters. The molecule has 0 radical (unpaired) electrons. The smallest absolute Gasteiger partial charge is 0.337 e. The van der Waals surface area contributed by atoms with Crippen LogP contribution in [-0.4, -0.2) is 9.97 Å². The van der Waals surface area contributed by atoms with Gasteiger partial charge < -0.3 is 4.98 Å². The highest BCUT2D eigenvalue weighted by Crippen LogP contribution is 2.30. The second kappa shape index (κ2) is 5.85. The van der Waals surface area contributed by atoms with E-state index in [1.54, 1.807) is 0 Å². The molecule has 3 nitrogen and oxygen atoms in total. The van der Waals surface area contributed by atoms with Crippen LogP contribution in [0, 0.1) is 18.3 Å². The summed E-state index contributed by atoms with van der Waals surface area (Å²) >= 11 is 0. The Bertz CT molecular complexity index is 975. The van der Waals surface area contributed by atoms with Crippen molar-refractivity contribution in [1.82, 2.24) is 9.97 Å². The van der Waals surface area contributed by atoms with Crippen LogP contribution in [0.3, 0.4) is 0 Å². The molecule has 1 heterocycles. The van der Waals surface area contributed by atoms with E-state index in [-0.39, 0.29) is 11.1 Å². The summed E-state index contributed by atoms with van der Waals surface area (Å²) in [5.41, 5.74) is 2.21. The first-order valence-corrected chi connectivity index (χ1v) is 7.12. The number of halogens is 3. The molecule has 0 aliphatic carbocycles. The molecule has 3 aromatic rings. The summed E-state index contributed by atoms with van der Waals surface area (Å²) in [6.45, 7) is 1.93.